The lowest BCUT2D eigenvalue weighted by molar-refractivity contribution is -0.120. The summed E-state index contributed by atoms with van der Waals surface area (Å²) in [6.45, 7) is 10.3. The molecule has 1 N–H and O–H groups in total. The minimum absolute atomic E-state index is 0.0155. The molecule has 134 valence electrons. The number of nitrogens with zero attached hydrogens (tertiary/aromatic N) is 1. The van der Waals surface area contributed by atoms with Gasteiger partial charge in [0.2, 0.25) is 5.91 Å². The Labute approximate surface area is 144 Å². The molecule has 5 heteroatoms. The number of amides is 1. The lowest BCUT2D eigenvalue weighted by Crippen LogP contribution is -2.30. The summed E-state index contributed by atoms with van der Waals surface area (Å²) in [6.07, 6.45) is 2.71. The van der Waals surface area contributed by atoms with Gasteiger partial charge in [0.25, 0.3) is 0 Å². The molecule has 0 aliphatic heterocycles. The molecule has 5 nitrogen and oxygen atoms in total. The monoisotopic (exact) mass is 334 g/mol. The second-order valence-corrected chi connectivity index (χ2v) is 7.50. The van der Waals surface area contributed by atoms with E-state index in [0.29, 0.717) is 19.6 Å². The van der Waals surface area contributed by atoms with Crippen LogP contribution >= 0.6 is 0 Å². The van der Waals surface area contributed by atoms with Crippen molar-refractivity contribution < 1.29 is 14.3 Å². The fraction of sp³-hybridized carbons (Fsp3) is 0.684. The zero-order valence-corrected chi connectivity index (χ0v) is 15.6. The zero-order valence-electron chi connectivity index (χ0n) is 15.6. The van der Waals surface area contributed by atoms with Gasteiger partial charge in [-0.1, -0.05) is 20.8 Å². The number of carbonyl (C=O) groups is 2. The minimum Gasteiger partial charge on any atom is -0.383 e. The molecule has 0 spiro atoms. The van der Waals surface area contributed by atoms with Gasteiger partial charge in [-0.25, -0.2) is 0 Å². The molecule has 2 rings (SSSR count). The van der Waals surface area contributed by atoms with E-state index in [0.717, 1.165) is 41.9 Å². The quantitative estimate of drug-likeness (QED) is 0.780. The average Bonchev–Trinajstić information content (AvgIpc) is 2.72. The number of aromatic nitrogens is 1. The van der Waals surface area contributed by atoms with Crippen LogP contribution in [0.4, 0.5) is 0 Å². The fourth-order valence-electron chi connectivity index (χ4n) is 3.67. The summed E-state index contributed by atoms with van der Waals surface area (Å²) in [4.78, 5) is 25.0. The molecule has 0 unspecified atom stereocenters. The molecule has 0 saturated carbocycles. The number of ether oxygens (including phenoxy) is 1. The molecule has 0 fully saturated rings. The highest BCUT2D eigenvalue weighted by Gasteiger charge is 2.36. The number of rotatable bonds is 7. The van der Waals surface area contributed by atoms with Crippen LogP contribution in [0, 0.1) is 12.3 Å². The van der Waals surface area contributed by atoms with Crippen LogP contribution in [0.1, 0.15) is 60.9 Å². The first-order valence-corrected chi connectivity index (χ1v) is 8.80. The summed E-state index contributed by atoms with van der Waals surface area (Å²) in [5.41, 5.74) is 3.89. The number of methoxy groups -OCH3 is 1. The van der Waals surface area contributed by atoms with Crippen molar-refractivity contribution in [3.63, 3.8) is 0 Å². The molecule has 0 atom stereocenters. The first-order chi connectivity index (χ1) is 11.3. The lowest BCUT2D eigenvalue weighted by atomic mass is 9.75. The van der Waals surface area contributed by atoms with Crippen LogP contribution < -0.4 is 5.32 Å². The van der Waals surface area contributed by atoms with Crippen LogP contribution in [0.3, 0.4) is 0 Å². The highest BCUT2D eigenvalue weighted by Crippen LogP contribution is 2.38. The number of carbonyl (C=O) groups excluding carboxylic acids is 2. The Morgan fingerprint density at radius 1 is 1.33 bits per heavy atom. The highest BCUT2D eigenvalue weighted by atomic mass is 16.5. The molecule has 0 bridgehead atoms. The van der Waals surface area contributed by atoms with Crippen LogP contribution in [0.2, 0.25) is 0 Å². The maximum Gasteiger partial charge on any atom is 0.224 e. The number of Topliss-reactive ketones (excluding diaryl/α,β-unsaturated/α-hetero) is 1. The lowest BCUT2D eigenvalue weighted by Gasteiger charge is -2.30. The molecule has 0 aromatic carbocycles. The second kappa shape index (κ2) is 7.51. The number of fused-ring (bicyclic) bond motifs is 1. The molecule has 1 aliphatic rings. The molecule has 1 aromatic rings. The third-order valence-corrected chi connectivity index (χ3v) is 4.73. The first-order valence-electron chi connectivity index (χ1n) is 8.80. The zero-order chi connectivity index (χ0) is 17.9. The standard InChI is InChI=1S/C19H30N2O3/c1-6-8-21-13(2)14(10-17(23)20-7-9-24-5)18-15(21)11-19(3,4)12-16(18)22/h6-12H2,1-5H3,(H,20,23). The molecular weight excluding hydrogens is 304 g/mol. The van der Waals surface area contributed by atoms with E-state index >= 15 is 0 Å². The topological polar surface area (TPSA) is 60.3 Å². The maximum absolute atomic E-state index is 12.8. The molecule has 1 heterocycles. The van der Waals surface area contributed by atoms with Gasteiger partial charge in [-0.3, -0.25) is 9.59 Å². The van der Waals surface area contributed by atoms with Crippen LogP contribution in [0.5, 0.6) is 0 Å². The van der Waals surface area contributed by atoms with Crippen molar-refractivity contribution >= 4 is 11.7 Å². The summed E-state index contributed by atoms with van der Waals surface area (Å²) >= 11 is 0. The van der Waals surface area contributed by atoms with Crippen LogP contribution in [-0.4, -0.2) is 36.5 Å². The summed E-state index contributed by atoms with van der Waals surface area (Å²) in [6, 6.07) is 0. The highest BCUT2D eigenvalue weighted by molar-refractivity contribution is 6.01. The van der Waals surface area contributed by atoms with Crippen molar-refractivity contribution in [2.24, 2.45) is 5.41 Å². The summed E-state index contributed by atoms with van der Waals surface area (Å²) in [7, 11) is 1.61. The third kappa shape index (κ3) is 3.89. The summed E-state index contributed by atoms with van der Waals surface area (Å²) < 4.78 is 7.22. The molecule has 24 heavy (non-hydrogen) atoms. The van der Waals surface area contributed by atoms with Crippen molar-refractivity contribution in [1.29, 1.82) is 0 Å². The Balaban J connectivity index is 2.35. The average molecular weight is 334 g/mol. The van der Waals surface area contributed by atoms with Gasteiger partial charge in [0.05, 0.1) is 13.0 Å². The van der Waals surface area contributed by atoms with E-state index in [9.17, 15) is 9.59 Å². The van der Waals surface area contributed by atoms with Gasteiger partial charge in [-0.2, -0.15) is 0 Å². The smallest absolute Gasteiger partial charge is 0.224 e. The Hall–Kier alpha value is -1.62. The van der Waals surface area contributed by atoms with Gasteiger partial charge in [0.15, 0.2) is 5.78 Å². The number of hydrogen-bond acceptors (Lipinski definition) is 3. The van der Waals surface area contributed by atoms with Crippen LogP contribution in [0.15, 0.2) is 0 Å². The first kappa shape index (κ1) is 18.7. The van der Waals surface area contributed by atoms with Crippen molar-refractivity contribution in [2.75, 3.05) is 20.3 Å². The SMILES string of the molecule is CCCn1c(C)c(CC(=O)NCCOC)c2c1CC(C)(C)CC2=O. The third-order valence-electron chi connectivity index (χ3n) is 4.73. The van der Waals surface area contributed by atoms with Crippen molar-refractivity contribution in [3.05, 3.63) is 22.5 Å². The fourth-order valence-corrected chi connectivity index (χ4v) is 3.67. The molecule has 0 saturated heterocycles. The normalized spacial score (nSPS) is 16.1. The van der Waals surface area contributed by atoms with Gasteiger partial charge < -0.3 is 14.6 Å². The van der Waals surface area contributed by atoms with Crippen LogP contribution in [-0.2, 0) is 28.9 Å². The molecule has 1 aromatic heterocycles. The van der Waals surface area contributed by atoms with Crippen molar-refractivity contribution in [1.82, 2.24) is 9.88 Å². The van der Waals surface area contributed by atoms with E-state index in [-0.39, 0.29) is 23.5 Å². The Morgan fingerprint density at radius 3 is 2.67 bits per heavy atom. The number of ketones is 1. The second-order valence-electron chi connectivity index (χ2n) is 7.50. The molecule has 1 aliphatic carbocycles. The van der Waals surface area contributed by atoms with E-state index in [2.05, 4.69) is 30.7 Å². The van der Waals surface area contributed by atoms with E-state index in [1.165, 1.54) is 0 Å². The van der Waals surface area contributed by atoms with Gasteiger partial charge >= 0.3 is 0 Å². The van der Waals surface area contributed by atoms with E-state index in [4.69, 9.17) is 4.74 Å². The van der Waals surface area contributed by atoms with Gasteiger partial charge in [-0.05, 0) is 30.7 Å². The minimum atomic E-state index is -0.0516. The Morgan fingerprint density at radius 2 is 2.04 bits per heavy atom. The van der Waals surface area contributed by atoms with E-state index in [1.807, 2.05) is 6.92 Å². The Bertz CT molecular complexity index is 629. The molecule has 1 amide bonds. The number of nitrogens with one attached hydrogen (secondary N) is 1. The maximum atomic E-state index is 12.8. The van der Waals surface area contributed by atoms with E-state index in [1.54, 1.807) is 7.11 Å². The van der Waals surface area contributed by atoms with Gasteiger partial charge in [-0.15, -0.1) is 0 Å². The van der Waals surface area contributed by atoms with Crippen molar-refractivity contribution in [2.45, 2.75) is 59.9 Å². The van der Waals surface area contributed by atoms with Crippen LogP contribution in [0.25, 0.3) is 0 Å². The van der Waals surface area contributed by atoms with Gasteiger partial charge in [0, 0.05) is 43.6 Å². The van der Waals surface area contributed by atoms with Crippen molar-refractivity contribution in [3.8, 4) is 0 Å². The summed E-state index contributed by atoms with van der Waals surface area (Å²) in [5, 5.41) is 2.85. The molecule has 0 radical (unpaired) electrons. The predicted molar refractivity (Wildman–Crippen MR) is 94.5 cm³/mol. The van der Waals surface area contributed by atoms with E-state index < -0.39 is 0 Å². The predicted octanol–water partition coefficient (Wildman–Crippen LogP) is 2.67. The molecular formula is C19H30N2O3. The Kier molecular flexibility index (Phi) is 5.86. The number of hydrogen-bond donors (Lipinski definition) is 1. The largest absolute Gasteiger partial charge is 0.383 e. The van der Waals surface area contributed by atoms with Gasteiger partial charge in [0.1, 0.15) is 0 Å². The summed E-state index contributed by atoms with van der Waals surface area (Å²) in [5.74, 6) is 0.128.